The number of carbonyl (C=O) groups is 1. The lowest BCUT2D eigenvalue weighted by Crippen LogP contribution is -2.17. The molecule has 2 aromatic rings. The van der Waals surface area contributed by atoms with Crippen molar-refractivity contribution in [1.82, 2.24) is 10.4 Å². The third-order valence-corrected chi connectivity index (χ3v) is 2.72. The van der Waals surface area contributed by atoms with E-state index in [0.717, 1.165) is 6.07 Å². The van der Waals surface area contributed by atoms with Crippen LogP contribution in [-0.4, -0.2) is 22.0 Å². The van der Waals surface area contributed by atoms with E-state index in [1.165, 1.54) is 18.3 Å². The summed E-state index contributed by atoms with van der Waals surface area (Å²) in [5.41, 5.74) is 2.76. The molecule has 1 aromatic carbocycles. The van der Waals surface area contributed by atoms with Gasteiger partial charge in [-0.2, -0.15) is 5.10 Å². The first-order valence-corrected chi connectivity index (χ1v) is 5.86. The largest absolute Gasteiger partial charge is 0.360 e. The molecule has 0 fully saturated rings. The quantitative estimate of drug-likeness (QED) is 0.514. The summed E-state index contributed by atoms with van der Waals surface area (Å²) in [4.78, 5) is 24.7. The first-order chi connectivity index (χ1) is 9.58. The zero-order chi connectivity index (χ0) is 14.5. The highest BCUT2D eigenvalue weighted by molar-refractivity contribution is 6.32. The highest BCUT2D eigenvalue weighted by Gasteiger charge is 2.15. The number of rotatable bonds is 4. The van der Waals surface area contributed by atoms with Crippen LogP contribution in [0.5, 0.6) is 0 Å². The van der Waals surface area contributed by atoms with Gasteiger partial charge in [0.05, 0.1) is 16.8 Å². The third-order valence-electron chi connectivity index (χ3n) is 2.40. The van der Waals surface area contributed by atoms with Gasteiger partial charge in [0.25, 0.3) is 11.6 Å². The van der Waals surface area contributed by atoms with Gasteiger partial charge in [-0.15, -0.1) is 0 Å². The van der Waals surface area contributed by atoms with E-state index in [9.17, 15) is 14.9 Å². The van der Waals surface area contributed by atoms with Gasteiger partial charge in [-0.05, 0) is 24.3 Å². The Morgan fingerprint density at radius 3 is 2.90 bits per heavy atom. The molecular formula is C12H9ClN4O3. The first-order valence-electron chi connectivity index (χ1n) is 5.48. The fourth-order valence-electron chi connectivity index (χ4n) is 1.44. The fourth-order valence-corrected chi connectivity index (χ4v) is 1.63. The van der Waals surface area contributed by atoms with E-state index < -0.39 is 10.8 Å². The molecule has 0 radical (unpaired) electrons. The van der Waals surface area contributed by atoms with E-state index >= 15 is 0 Å². The lowest BCUT2D eigenvalue weighted by atomic mass is 10.2. The van der Waals surface area contributed by atoms with Crippen LogP contribution in [0, 0.1) is 10.1 Å². The van der Waals surface area contributed by atoms with E-state index in [2.05, 4.69) is 15.5 Å². The molecule has 0 unspecified atom stereocenters. The Hall–Kier alpha value is -2.67. The monoisotopic (exact) mass is 292 g/mol. The molecule has 0 spiro atoms. The molecule has 102 valence electrons. The fraction of sp³-hybridized carbons (Fsp3) is 0. The maximum Gasteiger partial charge on any atom is 0.288 e. The molecule has 0 aliphatic carbocycles. The zero-order valence-electron chi connectivity index (χ0n) is 10.0. The number of nitro benzene ring substituents is 1. The number of nitrogens with zero attached hydrogens (tertiary/aromatic N) is 2. The maximum atomic E-state index is 11.8. The van der Waals surface area contributed by atoms with Crippen LogP contribution in [0.15, 0.2) is 41.6 Å². The van der Waals surface area contributed by atoms with Crippen molar-refractivity contribution in [3.63, 3.8) is 0 Å². The summed E-state index contributed by atoms with van der Waals surface area (Å²) in [6.45, 7) is 0. The molecule has 0 bridgehead atoms. The summed E-state index contributed by atoms with van der Waals surface area (Å²) in [6.07, 6.45) is 3.13. The van der Waals surface area contributed by atoms with Gasteiger partial charge < -0.3 is 4.98 Å². The summed E-state index contributed by atoms with van der Waals surface area (Å²) < 4.78 is 0. The number of hydrazone groups is 1. The number of aromatic nitrogens is 1. The van der Waals surface area contributed by atoms with Gasteiger partial charge in [-0.1, -0.05) is 11.6 Å². The number of aromatic amines is 1. The molecule has 1 aromatic heterocycles. The van der Waals surface area contributed by atoms with Gasteiger partial charge in [-0.25, -0.2) is 5.43 Å². The van der Waals surface area contributed by atoms with Gasteiger partial charge in [0, 0.05) is 17.8 Å². The van der Waals surface area contributed by atoms with Crippen molar-refractivity contribution in [1.29, 1.82) is 0 Å². The molecule has 1 heterocycles. The van der Waals surface area contributed by atoms with E-state index in [4.69, 9.17) is 11.6 Å². The van der Waals surface area contributed by atoms with Gasteiger partial charge in [-0.3, -0.25) is 14.9 Å². The number of hydrogen-bond acceptors (Lipinski definition) is 4. The topological polar surface area (TPSA) is 100 Å². The Kier molecular flexibility index (Phi) is 4.11. The van der Waals surface area contributed by atoms with E-state index in [-0.39, 0.29) is 16.3 Å². The molecule has 20 heavy (non-hydrogen) atoms. The van der Waals surface area contributed by atoms with Crippen LogP contribution >= 0.6 is 11.6 Å². The van der Waals surface area contributed by atoms with Crippen molar-refractivity contribution in [3.8, 4) is 0 Å². The van der Waals surface area contributed by atoms with Crippen LogP contribution in [0.1, 0.15) is 16.1 Å². The van der Waals surface area contributed by atoms with Crippen molar-refractivity contribution in [2.24, 2.45) is 5.10 Å². The van der Waals surface area contributed by atoms with E-state index in [0.29, 0.717) is 5.69 Å². The van der Waals surface area contributed by atoms with Crippen molar-refractivity contribution in [2.45, 2.75) is 0 Å². The number of amides is 1. The van der Waals surface area contributed by atoms with Crippen LogP contribution in [0.3, 0.4) is 0 Å². The Labute approximate surface area is 118 Å². The van der Waals surface area contributed by atoms with E-state index in [1.54, 1.807) is 18.3 Å². The number of H-pyrrole nitrogens is 1. The number of nitrogens with one attached hydrogen (secondary N) is 2. The van der Waals surface area contributed by atoms with Crippen LogP contribution < -0.4 is 5.43 Å². The molecule has 0 aliphatic heterocycles. The Morgan fingerprint density at radius 2 is 2.25 bits per heavy atom. The van der Waals surface area contributed by atoms with Crippen LogP contribution in [-0.2, 0) is 0 Å². The predicted octanol–water partition coefficient (Wildman–Crippen LogP) is 2.34. The minimum Gasteiger partial charge on any atom is -0.360 e. The summed E-state index contributed by atoms with van der Waals surface area (Å²) >= 11 is 5.66. The number of benzene rings is 1. The molecule has 0 saturated heterocycles. The predicted molar refractivity (Wildman–Crippen MR) is 74.0 cm³/mol. The molecule has 0 atom stereocenters. The molecule has 2 rings (SSSR count). The second-order valence-corrected chi connectivity index (χ2v) is 4.16. The number of halogens is 1. The number of nitro groups is 1. The summed E-state index contributed by atoms with van der Waals surface area (Å²) in [6, 6.07) is 7.33. The highest BCUT2D eigenvalue weighted by atomic mass is 35.5. The molecular weight excluding hydrogens is 284 g/mol. The molecule has 7 nitrogen and oxygen atoms in total. The van der Waals surface area contributed by atoms with Gasteiger partial charge in [0.1, 0.15) is 5.02 Å². The lowest BCUT2D eigenvalue weighted by Gasteiger charge is -2.00. The van der Waals surface area contributed by atoms with Crippen molar-refractivity contribution < 1.29 is 9.72 Å². The minimum absolute atomic E-state index is 0.0264. The lowest BCUT2D eigenvalue weighted by molar-refractivity contribution is -0.384. The average Bonchev–Trinajstić information content (AvgIpc) is 2.92. The Balaban J connectivity index is 2.09. The summed E-state index contributed by atoms with van der Waals surface area (Å²) in [5.74, 6) is -0.562. The molecule has 8 heteroatoms. The second-order valence-electron chi connectivity index (χ2n) is 3.75. The maximum absolute atomic E-state index is 11.8. The van der Waals surface area contributed by atoms with Crippen LogP contribution in [0.4, 0.5) is 5.69 Å². The van der Waals surface area contributed by atoms with Crippen molar-refractivity contribution >= 4 is 29.4 Å². The molecule has 1 amide bonds. The van der Waals surface area contributed by atoms with E-state index in [1.807, 2.05) is 0 Å². The Bertz CT molecular complexity index is 667. The summed E-state index contributed by atoms with van der Waals surface area (Å²) in [5, 5.41) is 14.4. The number of hydrogen-bond donors (Lipinski definition) is 2. The zero-order valence-corrected chi connectivity index (χ0v) is 10.8. The van der Waals surface area contributed by atoms with Gasteiger partial charge in [0.2, 0.25) is 0 Å². The van der Waals surface area contributed by atoms with Crippen LogP contribution in [0.25, 0.3) is 0 Å². The van der Waals surface area contributed by atoms with Crippen molar-refractivity contribution in [2.75, 3.05) is 0 Å². The molecule has 2 N–H and O–H groups in total. The molecule has 0 aliphatic rings. The number of carbonyl (C=O) groups excluding carboxylic acids is 1. The standard InChI is InChI=1S/C12H9ClN4O3/c13-10-4-3-8(6-11(10)17(19)20)12(18)16-15-7-9-2-1-5-14-9/h1-7,14H,(H,16,18). The van der Waals surface area contributed by atoms with Crippen molar-refractivity contribution in [3.05, 3.63) is 62.9 Å². The first kappa shape index (κ1) is 13.8. The second kappa shape index (κ2) is 5.98. The molecule has 0 saturated carbocycles. The Morgan fingerprint density at radius 1 is 1.45 bits per heavy atom. The SMILES string of the molecule is O=C(NN=Cc1ccc[nH]1)c1ccc(Cl)c([N+](=O)[O-])c1. The smallest absolute Gasteiger partial charge is 0.288 e. The van der Waals surface area contributed by atoms with Gasteiger partial charge >= 0.3 is 0 Å². The summed E-state index contributed by atoms with van der Waals surface area (Å²) in [7, 11) is 0. The van der Waals surface area contributed by atoms with Crippen LogP contribution in [0.2, 0.25) is 5.02 Å². The van der Waals surface area contributed by atoms with Gasteiger partial charge in [0.15, 0.2) is 0 Å². The average molecular weight is 293 g/mol. The highest BCUT2D eigenvalue weighted by Crippen LogP contribution is 2.24. The minimum atomic E-state index is -0.651. The third kappa shape index (κ3) is 3.21. The normalized spacial score (nSPS) is 10.7.